The van der Waals surface area contributed by atoms with Gasteiger partial charge >= 0.3 is 5.69 Å². The minimum atomic E-state index is -0.637. The molecule has 96 valence electrons. The highest BCUT2D eigenvalue weighted by Gasteiger charge is 2.19. The monoisotopic (exact) mass is 259 g/mol. The topological polar surface area (TPSA) is 95.8 Å². The van der Waals surface area contributed by atoms with Gasteiger partial charge in [0.2, 0.25) is 5.82 Å². The van der Waals surface area contributed by atoms with Crippen molar-refractivity contribution in [2.24, 2.45) is 14.1 Å². The first kappa shape index (κ1) is 11.3. The Kier molecular flexibility index (Phi) is 2.31. The second-order valence-electron chi connectivity index (χ2n) is 3.97. The molecule has 0 bridgehead atoms. The quantitative estimate of drug-likeness (QED) is 0.591. The van der Waals surface area contributed by atoms with Crippen molar-refractivity contribution in [3.63, 3.8) is 0 Å². The van der Waals surface area contributed by atoms with Crippen LogP contribution in [0.3, 0.4) is 0 Å². The van der Waals surface area contributed by atoms with Crippen LogP contribution in [-0.2, 0) is 14.1 Å². The molecule has 0 amide bonds. The Morgan fingerprint density at radius 1 is 1.21 bits per heavy atom. The molecule has 0 saturated carbocycles. The Morgan fingerprint density at radius 3 is 2.68 bits per heavy atom. The van der Waals surface area contributed by atoms with Gasteiger partial charge in [0, 0.05) is 14.1 Å². The van der Waals surface area contributed by atoms with E-state index in [4.69, 9.17) is 4.42 Å². The molecule has 0 fully saturated rings. The highest BCUT2D eigenvalue weighted by atomic mass is 16.3. The summed E-state index contributed by atoms with van der Waals surface area (Å²) in [5, 5.41) is 4.12. The van der Waals surface area contributed by atoms with E-state index in [-0.39, 0.29) is 17.3 Å². The van der Waals surface area contributed by atoms with E-state index in [9.17, 15) is 9.59 Å². The largest absolute Gasteiger partial charge is 0.461 e. The van der Waals surface area contributed by atoms with Crippen LogP contribution < -0.4 is 11.2 Å². The number of nitrogens with zero attached hydrogens (tertiary/aromatic N) is 5. The smallest absolute Gasteiger partial charge is 0.352 e. The fraction of sp³-hybridized carbons (Fsp3) is 0.182. The van der Waals surface area contributed by atoms with E-state index >= 15 is 0 Å². The number of fused-ring (bicyclic) bond motifs is 1. The van der Waals surface area contributed by atoms with Gasteiger partial charge in [0.05, 0.1) is 6.26 Å². The van der Waals surface area contributed by atoms with Crippen LogP contribution in [0.25, 0.3) is 23.1 Å². The second-order valence-corrected chi connectivity index (χ2v) is 3.97. The van der Waals surface area contributed by atoms with Crippen molar-refractivity contribution in [3.05, 3.63) is 39.2 Å². The number of furan rings is 1. The Labute approximate surface area is 106 Å². The summed E-state index contributed by atoms with van der Waals surface area (Å²) in [5.41, 5.74) is -1.07. The predicted molar refractivity (Wildman–Crippen MR) is 64.6 cm³/mol. The van der Waals surface area contributed by atoms with Crippen LogP contribution in [0.2, 0.25) is 0 Å². The minimum absolute atomic E-state index is 0.0750. The SMILES string of the molecule is Cn1nc(-c2ccco2)nc2c(=O)n(C)c(=O)nc1-2. The first-order chi connectivity index (χ1) is 9.08. The van der Waals surface area contributed by atoms with Crippen LogP contribution >= 0.6 is 0 Å². The maximum Gasteiger partial charge on any atom is 0.352 e. The maximum absolute atomic E-state index is 12.0. The average molecular weight is 259 g/mol. The van der Waals surface area contributed by atoms with Gasteiger partial charge in [0.25, 0.3) is 5.56 Å². The molecule has 19 heavy (non-hydrogen) atoms. The van der Waals surface area contributed by atoms with Crippen molar-refractivity contribution in [1.82, 2.24) is 24.3 Å². The number of rotatable bonds is 1. The van der Waals surface area contributed by atoms with E-state index in [0.29, 0.717) is 5.76 Å². The van der Waals surface area contributed by atoms with Gasteiger partial charge < -0.3 is 4.42 Å². The predicted octanol–water partition coefficient (Wildman–Crippen LogP) is -0.366. The molecule has 0 atom stereocenters. The molecular formula is C11H9N5O3. The summed E-state index contributed by atoms with van der Waals surface area (Å²) in [6.45, 7) is 0. The summed E-state index contributed by atoms with van der Waals surface area (Å²) in [6.07, 6.45) is 1.49. The van der Waals surface area contributed by atoms with E-state index in [1.807, 2.05) is 0 Å². The van der Waals surface area contributed by atoms with Gasteiger partial charge in [-0.15, -0.1) is 5.10 Å². The van der Waals surface area contributed by atoms with Gasteiger partial charge in [0.1, 0.15) is 0 Å². The molecule has 0 aromatic carbocycles. The normalized spacial score (nSPS) is 11.1. The Balaban J connectivity index is 2.41. The highest BCUT2D eigenvalue weighted by Crippen LogP contribution is 2.17. The van der Waals surface area contributed by atoms with Gasteiger partial charge in [0.15, 0.2) is 17.3 Å². The zero-order chi connectivity index (χ0) is 13.6. The third-order valence-corrected chi connectivity index (χ3v) is 2.72. The molecule has 0 spiro atoms. The van der Waals surface area contributed by atoms with Gasteiger partial charge in [-0.05, 0) is 12.1 Å². The third-order valence-electron chi connectivity index (χ3n) is 2.72. The van der Waals surface area contributed by atoms with Crippen molar-refractivity contribution < 1.29 is 4.42 Å². The number of hydrogen-bond acceptors (Lipinski definition) is 6. The summed E-state index contributed by atoms with van der Waals surface area (Å²) in [7, 11) is 2.94. The molecule has 0 unspecified atom stereocenters. The van der Waals surface area contributed by atoms with Crippen LogP contribution in [-0.4, -0.2) is 24.3 Å². The summed E-state index contributed by atoms with van der Waals surface area (Å²) in [5.74, 6) is 0.840. The van der Waals surface area contributed by atoms with Gasteiger partial charge in [-0.2, -0.15) is 4.98 Å². The summed E-state index contributed by atoms with van der Waals surface area (Å²) in [6, 6.07) is 3.38. The second kappa shape index (κ2) is 3.87. The molecule has 1 aromatic rings. The summed E-state index contributed by atoms with van der Waals surface area (Å²) in [4.78, 5) is 31.4. The number of hydrogen-bond donors (Lipinski definition) is 0. The van der Waals surface area contributed by atoms with E-state index in [2.05, 4.69) is 15.1 Å². The zero-order valence-corrected chi connectivity index (χ0v) is 10.2. The van der Waals surface area contributed by atoms with Crippen LogP contribution in [0, 0.1) is 0 Å². The fourth-order valence-electron chi connectivity index (χ4n) is 1.71. The van der Waals surface area contributed by atoms with Crippen molar-refractivity contribution in [1.29, 1.82) is 0 Å². The Hall–Kier alpha value is -2.77. The number of aryl methyl sites for hydroxylation is 1. The maximum atomic E-state index is 12.0. The first-order valence-electron chi connectivity index (χ1n) is 5.44. The molecule has 3 heterocycles. The average Bonchev–Trinajstić information content (AvgIpc) is 2.91. The molecule has 1 aromatic heterocycles. The van der Waals surface area contributed by atoms with E-state index in [1.165, 1.54) is 18.0 Å². The molecule has 0 N–H and O–H groups in total. The molecule has 2 aliphatic rings. The molecule has 0 saturated heterocycles. The van der Waals surface area contributed by atoms with Gasteiger partial charge in [-0.25, -0.2) is 14.5 Å². The van der Waals surface area contributed by atoms with E-state index in [0.717, 1.165) is 4.57 Å². The lowest BCUT2D eigenvalue weighted by Crippen LogP contribution is -2.36. The molecule has 3 rings (SSSR count). The Bertz CT molecular complexity index is 831. The van der Waals surface area contributed by atoms with Crippen molar-refractivity contribution >= 4 is 0 Å². The van der Waals surface area contributed by atoms with Crippen LogP contribution in [0.5, 0.6) is 0 Å². The van der Waals surface area contributed by atoms with Crippen LogP contribution in [0.1, 0.15) is 0 Å². The molecule has 8 nitrogen and oxygen atoms in total. The molecule has 0 radical (unpaired) electrons. The summed E-state index contributed by atoms with van der Waals surface area (Å²) >= 11 is 0. The van der Waals surface area contributed by atoms with Gasteiger partial charge in [-0.3, -0.25) is 9.36 Å². The van der Waals surface area contributed by atoms with Crippen LogP contribution in [0.15, 0.2) is 32.4 Å². The highest BCUT2D eigenvalue weighted by molar-refractivity contribution is 5.54. The zero-order valence-electron chi connectivity index (χ0n) is 10.2. The van der Waals surface area contributed by atoms with E-state index < -0.39 is 11.2 Å². The van der Waals surface area contributed by atoms with Crippen molar-refractivity contribution in [3.8, 4) is 23.1 Å². The summed E-state index contributed by atoms with van der Waals surface area (Å²) < 4.78 is 7.43. The first-order valence-corrected chi connectivity index (χ1v) is 5.44. The third kappa shape index (κ3) is 1.65. The fourth-order valence-corrected chi connectivity index (χ4v) is 1.71. The van der Waals surface area contributed by atoms with Crippen molar-refractivity contribution in [2.75, 3.05) is 0 Å². The minimum Gasteiger partial charge on any atom is -0.461 e. The number of aromatic nitrogens is 5. The Morgan fingerprint density at radius 2 is 2.00 bits per heavy atom. The molecule has 0 aliphatic carbocycles. The van der Waals surface area contributed by atoms with Crippen molar-refractivity contribution in [2.45, 2.75) is 0 Å². The van der Waals surface area contributed by atoms with E-state index in [1.54, 1.807) is 19.2 Å². The molecule has 8 heteroatoms. The molecule has 2 aliphatic heterocycles. The van der Waals surface area contributed by atoms with Gasteiger partial charge in [-0.1, -0.05) is 0 Å². The lowest BCUT2D eigenvalue weighted by Gasteiger charge is -2.09. The van der Waals surface area contributed by atoms with Crippen LogP contribution in [0.4, 0.5) is 0 Å². The standard InChI is InChI=1S/C11H9N5O3/c1-15-10(17)7-9(13-11(15)18)16(2)14-8(12-7)6-4-3-5-19-6/h3-5H,1-2H3. The lowest BCUT2D eigenvalue weighted by molar-refractivity contribution is 0.569. The molecular weight excluding hydrogens is 250 g/mol. The lowest BCUT2D eigenvalue weighted by atomic mass is 10.3.